The highest BCUT2D eigenvalue weighted by Gasteiger charge is 2.35. The Bertz CT molecular complexity index is 863. The summed E-state index contributed by atoms with van der Waals surface area (Å²) in [6, 6.07) is 8.35. The minimum absolute atomic E-state index is 0.0659. The molecular formula is C17H17BrN4O. The number of fused-ring (bicyclic) bond motifs is 2. The summed E-state index contributed by atoms with van der Waals surface area (Å²) >= 11 is 3.53. The molecule has 1 N–H and O–H groups in total. The number of anilines is 1. The Morgan fingerprint density at radius 3 is 3.00 bits per heavy atom. The maximum Gasteiger partial charge on any atom is 0.153 e. The summed E-state index contributed by atoms with van der Waals surface area (Å²) < 4.78 is 8.88. The molecular weight excluding hydrogens is 356 g/mol. The Morgan fingerprint density at radius 2 is 2.17 bits per heavy atom. The van der Waals surface area contributed by atoms with Crippen LogP contribution in [0.2, 0.25) is 0 Å². The number of benzene rings is 1. The van der Waals surface area contributed by atoms with E-state index in [2.05, 4.69) is 57.3 Å². The molecule has 2 aromatic heterocycles. The lowest BCUT2D eigenvalue weighted by Gasteiger charge is -2.24. The smallest absolute Gasteiger partial charge is 0.153 e. The van der Waals surface area contributed by atoms with E-state index < -0.39 is 0 Å². The highest BCUT2D eigenvalue weighted by atomic mass is 79.9. The number of para-hydroxylation sites is 1. The third-order valence-electron chi connectivity index (χ3n) is 4.41. The van der Waals surface area contributed by atoms with E-state index in [1.165, 1.54) is 5.56 Å². The Labute approximate surface area is 142 Å². The number of rotatable bonds is 3. The minimum Gasteiger partial charge on any atom is -0.487 e. The standard InChI is InChI=1S/C17H17BrN4O/c1-10-12-5-3-4-6-14(12)23-16(10)11(2)21-17-15-13(18)9-20-22(15)8-7-19-17/h3-11,16H,1-2H3,(H,19,21). The quantitative estimate of drug-likeness (QED) is 0.758. The zero-order valence-corrected chi connectivity index (χ0v) is 14.5. The van der Waals surface area contributed by atoms with Gasteiger partial charge in [0.2, 0.25) is 0 Å². The molecule has 0 saturated heterocycles. The number of nitrogens with one attached hydrogen (secondary N) is 1. The molecule has 3 heterocycles. The van der Waals surface area contributed by atoms with Crippen LogP contribution < -0.4 is 10.1 Å². The molecule has 0 amide bonds. The van der Waals surface area contributed by atoms with E-state index in [-0.39, 0.29) is 12.1 Å². The van der Waals surface area contributed by atoms with Crippen molar-refractivity contribution in [1.29, 1.82) is 0 Å². The van der Waals surface area contributed by atoms with Crippen LogP contribution >= 0.6 is 15.9 Å². The number of hydrogen-bond donors (Lipinski definition) is 1. The predicted octanol–water partition coefficient (Wildman–Crippen LogP) is 3.86. The number of halogens is 1. The Morgan fingerprint density at radius 1 is 1.35 bits per heavy atom. The molecule has 4 rings (SSSR count). The van der Waals surface area contributed by atoms with Gasteiger partial charge in [0.1, 0.15) is 17.4 Å². The minimum atomic E-state index is 0.0659. The number of aromatic nitrogens is 3. The fourth-order valence-corrected chi connectivity index (χ4v) is 3.70. The molecule has 0 radical (unpaired) electrons. The van der Waals surface area contributed by atoms with Crippen LogP contribution in [0.15, 0.2) is 47.3 Å². The third kappa shape index (κ3) is 2.37. The first-order chi connectivity index (χ1) is 11.1. The summed E-state index contributed by atoms with van der Waals surface area (Å²) in [6.07, 6.45) is 5.42. The summed E-state index contributed by atoms with van der Waals surface area (Å²) in [5, 5.41) is 7.78. The van der Waals surface area contributed by atoms with Gasteiger partial charge in [-0.1, -0.05) is 25.1 Å². The highest BCUT2D eigenvalue weighted by Crippen LogP contribution is 2.39. The molecule has 3 unspecified atom stereocenters. The van der Waals surface area contributed by atoms with Crippen molar-refractivity contribution < 1.29 is 4.74 Å². The van der Waals surface area contributed by atoms with Crippen LogP contribution in [0.5, 0.6) is 5.75 Å². The maximum absolute atomic E-state index is 6.15. The summed E-state index contributed by atoms with van der Waals surface area (Å²) in [5.74, 6) is 2.12. The lowest BCUT2D eigenvalue weighted by molar-refractivity contribution is 0.193. The highest BCUT2D eigenvalue weighted by molar-refractivity contribution is 9.10. The molecule has 0 saturated carbocycles. The van der Waals surface area contributed by atoms with Crippen molar-refractivity contribution in [3.63, 3.8) is 0 Å². The van der Waals surface area contributed by atoms with E-state index in [1.54, 1.807) is 16.9 Å². The van der Waals surface area contributed by atoms with Gasteiger partial charge in [0.25, 0.3) is 0 Å². The van der Waals surface area contributed by atoms with Crippen LogP contribution in [0.1, 0.15) is 25.3 Å². The fourth-order valence-electron chi connectivity index (χ4n) is 3.24. The maximum atomic E-state index is 6.15. The number of nitrogens with zero attached hydrogens (tertiary/aromatic N) is 3. The Hall–Kier alpha value is -2.08. The van der Waals surface area contributed by atoms with Gasteiger partial charge in [0, 0.05) is 23.9 Å². The van der Waals surface area contributed by atoms with Crippen LogP contribution in [0.4, 0.5) is 5.82 Å². The van der Waals surface area contributed by atoms with Gasteiger partial charge in [-0.25, -0.2) is 9.50 Å². The second kappa shape index (κ2) is 5.53. The normalized spacial score (nSPS) is 21.0. The number of ether oxygens (including phenoxy) is 1. The average Bonchev–Trinajstić information content (AvgIpc) is 3.10. The van der Waals surface area contributed by atoms with E-state index in [0.29, 0.717) is 5.92 Å². The van der Waals surface area contributed by atoms with Crippen molar-refractivity contribution in [2.45, 2.75) is 31.9 Å². The second-order valence-electron chi connectivity index (χ2n) is 5.90. The van der Waals surface area contributed by atoms with Crippen LogP contribution in [-0.2, 0) is 0 Å². The van der Waals surface area contributed by atoms with Crippen molar-refractivity contribution in [1.82, 2.24) is 14.6 Å². The molecule has 0 spiro atoms. The molecule has 1 aliphatic rings. The molecule has 118 valence electrons. The first-order valence-corrected chi connectivity index (χ1v) is 8.44. The van der Waals surface area contributed by atoms with E-state index in [1.807, 2.05) is 18.3 Å². The van der Waals surface area contributed by atoms with Gasteiger partial charge in [-0.2, -0.15) is 5.10 Å². The number of hydrogen-bond acceptors (Lipinski definition) is 4. The van der Waals surface area contributed by atoms with Crippen molar-refractivity contribution in [3.05, 3.63) is 52.9 Å². The second-order valence-corrected chi connectivity index (χ2v) is 6.76. The average molecular weight is 373 g/mol. The molecule has 0 aliphatic carbocycles. The van der Waals surface area contributed by atoms with E-state index in [0.717, 1.165) is 21.6 Å². The Balaban J connectivity index is 1.61. The molecule has 3 aromatic rings. The first kappa shape index (κ1) is 14.5. The summed E-state index contributed by atoms with van der Waals surface area (Å²) in [4.78, 5) is 4.47. The van der Waals surface area contributed by atoms with Gasteiger partial charge >= 0.3 is 0 Å². The van der Waals surface area contributed by atoms with E-state index in [9.17, 15) is 0 Å². The molecule has 0 bridgehead atoms. The largest absolute Gasteiger partial charge is 0.487 e. The van der Waals surface area contributed by atoms with Crippen LogP contribution in [0.3, 0.4) is 0 Å². The van der Waals surface area contributed by atoms with Crippen molar-refractivity contribution >= 4 is 27.3 Å². The third-order valence-corrected chi connectivity index (χ3v) is 4.99. The van der Waals surface area contributed by atoms with Gasteiger partial charge in [-0.15, -0.1) is 0 Å². The van der Waals surface area contributed by atoms with Crippen LogP contribution in [0, 0.1) is 0 Å². The molecule has 3 atom stereocenters. The van der Waals surface area contributed by atoms with E-state index in [4.69, 9.17) is 4.74 Å². The summed E-state index contributed by atoms with van der Waals surface area (Å²) in [6.45, 7) is 4.33. The fraction of sp³-hybridized carbons (Fsp3) is 0.294. The Kier molecular flexibility index (Phi) is 3.49. The van der Waals surface area contributed by atoms with Crippen LogP contribution in [-0.4, -0.2) is 26.7 Å². The van der Waals surface area contributed by atoms with Gasteiger partial charge in [-0.3, -0.25) is 0 Å². The molecule has 23 heavy (non-hydrogen) atoms. The zero-order valence-electron chi connectivity index (χ0n) is 12.9. The molecule has 5 nitrogen and oxygen atoms in total. The van der Waals surface area contributed by atoms with Crippen molar-refractivity contribution in [2.24, 2.45) is 0 Å². The molecule has 0 fully saturated rings. The van der Waals surface area contributed by atoms with Gasteiger partial charge in [0.15, 0.2) is 5.82 Å². The lowest BCUT2D eigenvalue weighted by Crippen LogP contribution is -2.36. The van der Waals surface area contributed by atoms with Gasteiger partial charge in [0.05, 0.1) is 16.7 Å². The van der Waals surface area contributed by atoms with Crippen molar-refractivity contribution in [3.8, 4) is 5.75 Å². The predicted molar refractivity (Wildman–Crippen MR) is 93.0 cm³/mol. The van der Waals surface area contributed by atoms with Gasteiger partial charge in [-0.05, 0) is 28.9 Å². The van der Waals surface area contributed by atoms with Gasteiger partial charge < -0.3 is 10.1 Å². The lowest BCUT2D eigenvalue weighted by atomic mass is 9.94. The summed E-state index contributed by atoms with van der Waals surface area (Å²) in [7, 11) is 0. The molecule has 6 heteroatoms. The summed E-state index contributed by atoms with van der Waals surface area (Å²) in [5.41, 5.74) is 2.20. The van der Waals surface area contributed by atoms with Crippen molar-refractivity contribution in [2.75, 3.05) is 5.32 Å². The van der Waals surface area contributed by atoms with Crippen LogP contribution in [0.25, 0.3) is 5.52 Å². The van der Waals surface area contributed by atoms with E-state index >= 15 is 0 Å². The zero-order chi connectivity index (χ0) is 16.0. The molecule has 1 aromatic carbocycles. The topological polar surface area (TPSA) is 51.5 Å². The SMILES string of the molecule is CC(Nc1nccn2ncc(Br)c12)C1Oc2ccccc2C1C. The monoisotopic (exact) mass is 372 g/mol. The first-order valence-electron chi connectivity index (χ1n) is 7.65. The molecule has 1 aliphatic heterocycles.